The van der Waals surface area contributed by atoms with Crippen LogP contribution in [0.4, 0.5) is 0 Å². The third-order valence-electron chi connectivity index (χ3n) is 14.4. The van der Waals surface area contributed by atoms with Gasteiger partial charge in [0.2, 0.25) is 0 Å². The molecule has 1 radical (unpaired) electrons. The van der Waals surface area contributed by atoms with Gasteiger partial charge < -0.3 is 16.9 Å². The van der Waals surface area contributed by atoms with Gasteiger partial charge in [-0.25, -0.2) is 0 Å². The molecule has 9 fully saturated rings. The van der Waals surface area contributed by atoms with E-state index in [1.165, 1.54) is 96.3 Å². The van der Waals surface area contributed by atoms with Gasteiger partial charge in [0, 0.05) is 12.6 Å². The third-order valence-corrected chi connectivity index (χ3v) is 14.4. The minimum atomic E-state index is -0.190. The molecule has 9 N–H and O–H groups in total. The molecular weight excluding hydrogens is 678 g/mol. The van der Waals surface area contributed by atoms with Gasteiger partial charge in [-0.05, 0) is 86.9 Å². The van der Waals surface area contributed by atoms with Crippen molar-refractivity contribution in [1.82, 2.24) is 42.5 Å². The summed E-state index contributed by atoms with van der Waals surface area (Å²) in [6.07, 6.45) is 27.4. The normalized spacial score (nSPS) is 47.7. The summed E-state index contributed by atoms with van der Waals surface area (Å²) in [5.41, 5.74) is 6.72. The van der Waals surface area contributed by atoms with Crippen molar-refractivity contribution < 1.29 is 26.6 Å². The van der Waals surface area contributed by atoms with Gasteiger partial charge in [0.15, 0.2) is 0 Å². The zero-order valence-corrected chi connectivity index (χ0v) is 31.3. The largest absolute Gasteiger partial charge is 2.00 e. The van der Waals surface area contributed by atoms with Gasteiger partial charge in [0.1, 0.15) is 0 Å². The zero-order valence-electron chi connectivity index (χ0n) is 30.4. The van der Waals surface area contributed by atoms with Crippen molar-refractivity contribution in [2.75, 3.05) is 13.2 Å². The minimum absolute atomic E-state index is 0. The van der Waals surface area contributed by atoms with E-state index in [4.69, 9.17) is 5.73 Å². The van der Waals surface area contributed by atoms with E-state index in [0.29, 0.717) is 87.2 Å². The van der Waals surface area contributed by atoms with Crippen LogP contribution in [-0.4, -0.2) is 68.4 Å². The Morgan fingerprint density at radius 2 is 0.900 bits per heavy atom. The molecule has 9 rings (SSSR count). The summed E-state index contributed by atoms with van der Waals surface area (Å²) < 4.78 is 4.62. The van der Waals surface area contributed by atoms with E-state index in [1.54, 1.807) is 6.92 Å². The Morgan fingerprint density at radius 3 is 1.26 bits per heavy atom. The number of rotatable bonds is 4. The van der Waals surface area contributed by atoms with Crippen molar-refractivity contribution in [1.29, 1.82) is 0 Å². The zero-order chi connectivity index (χ0) is 33.3. The fourth-order valence-corrected chi connectivity index (χ4v) is 12.2. The molecule has 4 saturated carbocycles. The van der Waals surface area contributed by atoms with E-state index >= 15 is 0 Å². The van der Waals surface area contributed by atoms with E-state index in [9.17, 15) is 4.79 Å². The van der Waals surface area contributed by atoms with E-state index in [0.717, 1.165) is 35.5 Å². The number of esters is 1. The maximum Gasteiger partial charge on any atom is 2.00 e. The predicted molar refractivity (Wildman–Crippen MR) is 192 cm³/mol. The Hall–Kier alpha value is -0.371. The van der Waals surface area contributed by atoms with Crippen LogP contribution in [-0.2, 0) is 26.6 Å². The summed E-state index contributed by atoms with van der Waals surface area (Å²) in [5, 5.41) is 33.7. The molecule has 5 saturated heterocycles. The number of ether oxygens (including phenoxy) is 1. The maximum absolute atomic E-state index is 10.5. The van der Waals surface area contributed by atoms with Gasteiger partial charge in [0.05, 0.1) is 49.8 Å². The Labute approximate surface area is 312 Å². The van der Waals surface area contributed by atoms with Crippen LogP contribution in [0.1, 0.15) is 116 Å². The molecule has 0 spiro atoms. The van der Waals surface area contributed by atoms with Gasteiger partial charge in [-0.2, -0.15) is 13.0 Å². The summed E-state index contributed by atoms with van der Waals surface area (Å²) in [7, 11) is 0. The molecule has 5 heterocycles. The van der Waals surface area contributed by atoms with Crippen LogP contribution in [0.25, 0.3) is 5.73 Å². The standard InChI is InChI=1S/C32H55N8.C6H12NO2.Cu/c1-2-10-18-17(9-1)25-33-26(18)38-28-21-13-5-6-14-22(21)30(35-28)40-32-24-16-8-7-15-23(24)31(36-32)39-29-20-12-4-3-11-19(20)27(34-29)37-25;1-2-9-6(8)4-3-5-7;/h9,17-40H,1-8,10-16H2;7H,2-5H2,1H3;/q2*-1;+2. The van der Waals surface area contributed by atoms with Crippen molar-refractivity contribution in [3.05, 3.63) is 12.2 Å². The van der Waals surface area contributed by atoms with Gasteiger partial charge >= 0.3 is 23.0 Å². The Bertz CT molecular complexity index is 898. The topological polar surface area (TPSA) is 146 Å². The molecule has 50 heavy (non-hydrogen) atoms. The van der Waals surface area contributed by atoms with Crippen molar-refractivity contribution in [3.63, 3.8) is 0 Å². The van der Waals surface area contributed by atoms with Gasteiger partial charge in [-0.3, -0.25) is 47.3 Å². The maximum atomic E-state index is 10.5. The predicted octanol–water partition coefficient (Wildman–Crippen LogP) is 3.80. The van der Waals surface area contributed by atoms with Crippen molar-refractivity contribution in [2.45, 2.75) is 165 Å². The Balaban J connectivity index is 0.000000350. The van der Waals surface area contributed by atoms with Crippen LogP contribution in [0.5, 0.6) is 0 Å². The first kappa shape index (κ1) is 37.9. The Kier molecular flexibility index (Phi) is 13.2. The smallest absolute Gasteiger partial charge is 0.677 e. The third kappa shape index (κ3) is 7.88. The molecule has 0 amide bonds. The fraction of sp³-hybridized carbons (Fsp3) is 0.947. The van der Waals surface area contributed by atoms with Crippen molar-refractivity contribution in [3.8, 4) is 0 Å². The molecule has 11 nitrogen and oxygen atoms in total. The molecular formula is C38H67CuN9O2. The molecule has 9 aliphatic rings. The van der Waals surface area contributed by atoms with Crippen molar-refractivity contribution >= 4 is 5.97 Å². The fourth-order valence-electron chi connectivity index (χ4n) is 12.2. The van der Waals surface area contributed by atoms with Crippen LogP contribution in [0.15, 0.2) is 0 Å². The molecule has 0 aromatic carbocycles. The summed E-state index contributed by atoms with van der Waals surface area (Å²) >= 11 is 0. The van der Waals surface area contributed by atoms with Crippen LogP contribution in [0.2, 0.25) is 0 Å². The van der Waals surface area contributed by atoms with E-state index in [-0.39, 0.29) is 23.0 Å². The van der Waals surface area contributed by atoms with Crippen LogP contribution in [0.3, 0.4) is 0 Å². The second-order valence-electron chi connectivity index (χ2n) is 17.1. The summed E-state index contributed by atoms with van der Waals surface area (Å²) in [6.45, 7) is 2.52. The van der Waals surface area contributed by atoms with Crippen molar-refractivity contribution in [2.24, 2.45) is 47.3 Å². The first-order valence-corrected chi connectivity index (χ1v) is 20.8. The number of nitrogens with one attached hydrogen (secondary N) is 9. The van der Waals surface area contributed by atoms with Crippen LogP contribution < -0.4 is 42.5 Å². The summed E-state index contributed by atoms with van der Waals surface area (Å²) in [4.78, 5) is 10.5. The first-order chi connectivity index (χ1) is 24.1. The number of carbonyl (C=O) groups is 1. The first-order valence-electron chi connectivity index (χ1n) is 20.8. The average Bonchev–Trinajstić information content (AvgIpc) is 3.87. The molecule has 8 bridgehead atoms. The van der Waals surface area contributed by atoms with Gasteiger partial charge in [-0.15, -0.1) is 5.92 Å². The van der Waals surface area contributed by atoms with Crippen LogP contribution in [0, 0.1) is 53.8 Å². The van der Waals surface area contributed by atoms with Gasteiger partial charge in [-0.1, -0.05) is 57.8 Å². The van der Waals surface area contributed by atoms with E-state index < -0.39 is 0 Å². The number of fused-ring (bicyclic) bond motifs is 20. The minimum Gasteiger partial charge on any atom is -0.677 e. The molecule has 5 aliphatic heterocycles. The van der Waals surface area contributed by atoms with E-state index in [1.807, 2.05) is 0 Å². The van der Waals surface area contributed by atoms with Crippen LogP contribution >= 0.6 is 0 Å². The molecule has 16 unspecified atom stereocenters. The second-order valence-corrected chi connectivity index (χ2v) is 17.1. The quantitative estimate of drug-likeness (QED) is 0.122. The average molecular weight is 746 g/mol. The molecule has 287 valence electrons. The number of hydrogen-bond donors (Lipinski definition) is 8. The number of carbonyl (C=O) groups excluding carboxylic acids is 1. The SMILES string of the molecule is CCOC(=O)CCC[NH-].[CH-]1CCCC2C3NC(NC4NC(NC5NC(NC6NC(N3)C3CCCCC63)C3CCCCC53)C3CCCCC43)C12.[Cu+2]. The molecule has 0 aromatic heterocycles. The summed E-state index contributed by atoms with van der Waals surface area (Å²) in [6, 6.07) is 0. The Morgan fingerprint density at radius 1 is 0.560 bits per heavy atom. The molecule has 4 aliphatic carbocycles. The second kappa shape index (κ2) is 17.4. The summed E-state index contributed by atoms with van der Waals surface area (Å²) in [5.74, 6) is 5.55. The number of hydrogen-bond acceptors (Lipinski definition) is 10. The molecule has 16 atom stereocenters. The molecule has 0 aromatic rings. The van der Waals surface area contributed by atoms with E-state index in [2.05, 4.69) is 53.7 Å². The monoisotopic (exact) mass is 744 g/mol. The van der Waals surface area contributed by atoms with Gasteiger partial charge in [0.25, 0.3) is 0 Å². The molecule has 12 heteroatoms.